The maximum Gasteiger partial charge on any atom is 0.276 e. The number of hydrogen-bond donors (Lipinski definition) is 2. The molecule has 0 saturated carbocycles. The Morgan fingerprint density at radius 1 is 1.41 bits per heavy atom. The van der Waals surface area contributed by atoms with Gasteiger partial charge in [-0.2, -0.15) is 0 Å². The number of pyridine rings is 1. The molecule has 0 aliphatic heterocycles. The van der Waals surface area contributed by atoms with E-state index in [1.54, 1.807) is 12.1 Å². The van der Waals surface area contributed by atoms with Crippen molar-refractivity contribution in [3.05, 3.63) is 52.3 Å². The van der Waals surface area contributed by atoms with Crippen LogP contribution in [0.3, 0.4) is 0 Å². The normalized spacial score (nSPS) is 9.94. The summed E-state index contributed by atoms with van der Waals surface area (Å²) >= 11 is 0. The molecular weight excluding hydrogens is 220 g/mol. The smallest absolute Gasteiger partial charge is 0.276 e. The van der Waals surface area contributed by atoms with Crippen molar-refractivity contribution in [2.24, 2.45) is 0 Å². The summed E-state index contributed by atoms with van der Waals surface area (Å²) in [6, 6.07) is 5.29. The van der Waals surface area contributed by atoms with Crippen LogP contribution in [0.4, 0.5) is 5.82 Å². The summed E-state index contributed by atoms with van der Waals surface area (Å²) in [5, 5.41) is 2.58. The van der Waals surface area contributed by atoms with Crippen LogP contribution in [0.25, 0.3) is 0 Å². The van der Waals surface area contributed by atoms with Crippen molar-refractivity contribution in [3.8, 4) is 0 Å². The Bertz CT molecular complexity index is 586. The van der Waals surface area contributed by atoms with Gasteiger partial charge in [-0.15, -0.1) is 0 Å². The van der Waals surface area contributed by atoms with Crippen molar-refractivity contribution in [3.63, 3.8) is 0 Å². The van der Waals surface area contributed by atoms with E-state index in [-0.39, 0.29) is 11.3 Å². The molecular formula is C11H10N4O2. The van der Waals surface area contributed by atoms with E-state index < -0.39 is 5.91 Å². The SMILES string of the molecule is Cc1cccc(NC(=O)c2c[nH]c(=O)cn2)n1. The number of carbonyl (C=O) groups is 1. The average molecular weight is 230 g/mol. The minimum atomic E-state index is -0.417. The number of nitrogens with one attached hydrogen (secondary N) is 2. The molecule has 2 aromatic heterocycles. The van der Waals surface area contributed by atoms with E-state index in [0.29, 0.717) is 5.82 Å². The summed E-state index contributed by atoms with van der Waals surface area (Å²) < 4.78 is 0. The first-order valence-corrected chi connectivity index (χ1v) is 4.95. The Balaban J connectivity index is 2.17. The van der Waals surface area contributed by atoms with Crippen molar-refractivity contribution in [1.29, 1.82) is 0 Å². The molecule has 2 N–H and O–H groups in total. The molecule has 0 fully saturated rings. The molecule has 0 saturated heterocycles. The van der Waals surface area contributed by atoms with Crippen LogP contribution in [0.5, 0.6) is 0 Å². The number of aromatic amines is 1. The molecule has 0 radical (unpaired) electrons. The summed E-state index contributed by atoms with van der Waals surface area (Å²) in [4.78, 5) is 32.7. The van der Waals surface area contributed by atoms with Gasteiger partial charge in [-0.3, -0.25) is 9.59 Å². The fraction of sp³-hybridized carbons (Fsp3) is 0.0909. The second-order valence-corrected chi connectivity index (χ2v) is 3.41. The zero-order valence-electron chi connectivity index (χ0n) is 9.10. The molecule has 0 atom stereocenters. The predicted octanol–water partition coefficient (Wildman–Crippen LogP) is 0.726. The molecule has 2 aromatic rings. The van der Waals surface area contributed by atoms with Gasteiger partial charge in [-0.1, -0.05) is 6.07 Å². The first-order valence-electron chi connectivity index (χ1n) is 4.95. The zero-order chi connectivity index (χ0) is 12.3. The highest BCUT2D eigenvalue weighted by molar-refractivity contribution is 6.02. The van der Waals surface area contributed by atoms with Gasteiger partial charge in [0.25, 0.3) is 11.5 Å². The van der Waals surface area contributed by atoms with Crippen LogP contribution in [0.2, 0.25) is 0 Å². The molecule has 17 heavy (non-hydrogen) atoms. The lowest BCUT2D eigenvalue weighted by Crippen LogP contribution is -2.17. The predicted molar refractivity (Wildman–Crippen MR) is 61.8 cm³/mol. The first kappa shape index (κ1) is 11.0. The average Bonchev–Trinajstić information content (AvgIpc) is 2.29. The fourth-order valence-electron chi connectivity index (χ4n) is 1.26. The third kappa shape index (κ3) is 2.75. The molecule has 86 valence electrons. The number of rotatable bonds is 2. The lowest BCUT2D eigenvalue weighted by molar-refractivity contribution is 0.102. The van der Waals surface area contributed by atoms with Gasteiger partial charge in [0.2, 0.25) is 0 Å². The van der Waals surface area contributed by atoms with Gasteiger partial charge in [0.05, 0.1) is 6.20 Å². The highest BCUT2D eigenvalue weighted by Gasteiger charge is 2.07. The molecule has 0 aliphatic rings. The third-order valence-electron chi connectivity index (χ3n) is 2.03. The van der Waals surface area contributed by atoms with Crippen LogP contribution in [0.15, 0.2) is 35.4 Å². The first-order chi connectivity index (χ1) is 8.15. The van der Waals surface area contributed by atoms with Crippen LogP contribution in [-0.2, 0) is 0 Å². The van der Waals surface area contributed by atoms with Crippen molar-refractivity contribution in [2.45, 2.75) is 6.92 Å². The van der Waals surface area contributed by atoms with Crippen molar-refractivity contribution in [1.82, 2.24) is 15.0 Å². The van der Waals surface area contributed by atoms with Gasteiger partial charge in [0.1, 0.15) is 11.5 Å². The van der Waals surface area contributed by atoms with Gasteiger partial charge >= 0.3 is 0 Å². The molecule has 0 unspecified atom stereocenters. The van der Waals surface area contributed by atoms with Crippen LogP contribution in [0.1, 0.15) is 16.2 Å². The lowest BCUT2D eigenvalue weighted by Gasteiger charge is -2.03. The summed E-state index contributed by atoms with van der Waals surface area (Å²) in [6.45, 7) is 1.83. The van der Waals surface area contributed by atoms with Crippen molar-refractivity contribution in [2.75, 3.05) is 5.32 Å². The van der Waals surface area contributed by atoms with E-state index in [2.05, 4.69) is 20.3 Å². The molecule has 0 aromatic carbocycles. The second kappa shape index (κ2) is 4.56. The minimum absolute atomic E-state index is 0.132. The number of hydrogen-bond acceptors (Lipinski definition) is 4. The van der Waals surface area contributed by atoms with Crippen molar-refractivity contribution >= 4 is 11.7 Å². The van der Waals surface area contributed by atoms with E-state index in [0.717, 1.165) is 11.9 Å². The summed E-state index contributed by atoms with van der Waals surface area (Å²) in [7, 11) is 0. The summed E-state index contributed by atoms with van der Waals surface area (Å²) in [5.41, 5.74) is 0.584. The number of H-pyrrole nitrogens is 1. The van der Waals surface area contributed by atoms with Crippen molar-refractivity contribution < 1.29 is 4.79 Å². The number of aryl methyl sites for hydroxylation is 1. The minimum Gasteiger partial charge on any atom is -0.325 e. The molecule has 0 aliphatic carbocycles. The Morgan fingerprint density at radius 3 is 2.88 bits per heavy atom. The maximum absolute atomic E-state index is 11.7. The molecule has 1 amide bonds. The Morgan fingerprint density at radius 2 is 2.24 bits per heavy atom. The van der Waals surface area contributed by atoms with Gasteiger partial charge in [-0.05, 0) is 19.1 Å². The topological polar surface area (TPSA) is 87.7 Å². The Labute approximate surface area is 96.8 Å². The standard InChI is InChI=1S/C11H10N4O2/c1-7-3-2-4-9(14-7)15-11(17)8-5-13-10(16)6-12-8/h2-6H,1H3,(H,13,16)(H,14,15,17). The van der Waals surface area contributed by atoms with Crippen LogP contribution in [-0.4, -0.2) is 20.9 Å². The van der Waals surface area contributed by atoms with E-state index in [9.17, 15) is 9.59 Å². The number of aromatic nitrogens is 3. The summed E-state index contributed by atoms with van der Waals surface area (Å²) in [6.07, 6.45) is 2.31. The Kier molecular flexibility index (Phi) is 2.95. The fourth-order valence-corrected chi connectivity index (χ4v) is 1.26. The molecule has 2 rings (SSSR count). The molecule has 0 bridgehead atoms. The number of carbonyl (C=O) groups excluding carboxylic acids is 1. The molecule has 6 nitrogen and oxygen atoms in total. The third-order valence-corrected chi connectivity index (χ3v) is 2.03. The Hall–Kier alpha value is -2.50. The van der Waals surface area contributed by atoms with Crippen LogP contribution >= 0.6 is 0 Å². The highest BCUT2D eigenvalue weighted by atomic mass is 16.2. The molecule has 0 spiro atoms. The van der Waals surface area contributed by atoms with Gasteiger partial charge in [-0.25, -0.2) is 9.97 Å². The second-order valence-electron chi connectivity index (χ2n) is 3.41. The number of nitrogens with zero attached hydrogens (tertiary/aromatic N) is 2. The lowest BCUT2D eigenvalue weighted by atomic mass is 10.3. The van der Waals surface area contributed by atoms with Crippen LogP contribution < -0.4 is 10.9 Å². The number of anilines is 1. The van der Waals surface area contributed by atoms with Gasteiger partial charge in [0, 0.05) is 11.9 Å². The highest BCUT2D eigenvalue weighted by Crippen LogP contribution is 2.05. The quantitative estimate of drug-likeness (QED) is 0.795. The molecule has 6 heteroatoms. The van der Waals surface area contributed by atoms with E-state index in [1.807, 2.05) is 13.0 Å². The largest absolute Gasteiger partial charge is 0.325 e. The maximum atomic E-state index is 11.7. The monoisotopic (exact) mass is 230 g/mol. The van der Waals surface area contributed by atoms with Gasteiger partial charge in [0.15, 0.2) is 0 Å². The zero-order valence-corrected chi connectivity index (χ0v) is 9.10. The molecule has 2 heterocycles. The van der Waals surface area contributed by atoms with E-state index in [4.69, 9.17) is 0 Å². The van der Waals surface area contributed by atoms with Gasteiger partial charge < -0.3 is 10.3 Å². The summed E-state index contributed by atoms with van der Waals surface area (Å²) in [5.74, 6) is 0.0300. The van der Waals surface area contributed by atoms with Crippen LogP contribution in [0, 0.1) is 6.92 Å². The van der Waals surface area contributed by atoms with E-state index >= 15 is 0 Å². The van der Waals surface area contributed by atoms with E-state index in [1.165, 1.54) is 6.20 Å². The number of amides is 1.